The summed E-state index contributed by atoms with van der Waals surface area (Å²) < 4.78 is 2.08. The molecular weight excluding hydrogens is 404 g/mol. The number of carbonyl (C=O) groups is 1. The lowest BCUT2D eigenvalue weighted by molar-refractivity contribution is -0.121. The Bertz CT molecular complexity index is 1040. The zero-order valence-corrected chi connectivity index (χ0v) is 18.9. The van der Waals surface area contributed by atoms with Crippen LogP contribution in [0.15, 0.2) is 28.0 Å². The molecule has 8 heteroatoms. The van der Waals surface area contributed by atoms with Crippen LogP contribution in [0, 0.1) is 6.92 Å². The molecule has 1 saturated heterocycles. The van der Waals surface area contributed by atoms with E-state index in [-0.39, 0.29) is 11.5 Å². The third-order valence-corrected chi connectivity index (χ3v) is 6.12. The van der Waals surface area contributed by atoms with Crippen molar-refractivity contribution in [3.05, 3.63) is 44.7 Å². The summed E-state index contributed by atoms with van der Waals surface area (Å²) in [6.07, 6.45) is 5.33. The minimum Gasteiger partial charge on any atom is -0.356 e. The largest absolute Gasteiger partial charge is 0.356 e. The van der Waals surface area contributed by atoms with Gasteiger partial charge in [0.05, 0.1) is 10.5 Å². The molecule has 1 aliphatic heterocycles. The number of thioether (sulfide) groups is 1. The van der Waals surface area contributed by atoms with E-state index in [1.54, 1.807) is 21.6 Å². The summed E-state index contributed by atoms with van der Waals surface area (Å²) >= 11 is 6.56. The molecule has 0 unspecified atom stereocenters. The highest BCUT2D eigenvalue weighted by atomic mass is 32.2. The van der Waals surface area contributed by atoms with Crippen LogP contribution in [-0.2, 0) is 4.79 Å². The van der Waals surface area contributed by atoms with Gasteiger partial charge in [-0.25, -0.2) is 4.98 Å². The van der Waals surface area contributed by atoms with E-state index in [4.69, 9.17) is 17.2 Å². The molecule has 0 saturated carbocycles. The molecule has 29 heavy (non-hydrogen) atoms. The van der Waals surface area contributed by atoms with Crippen molar-refractivity contribution in [3.63, 3.8) is 0 Å². The lowest BCUT2D eigenvalue weighted by Gasteiger charge is -2.24. The van der Waals surface area contributed by atoms with Gasteiger partial charge in [-0.05, 0) is 44.4 Å². The molecule has 0 atom stereocenters. The molecule has 1 aliphatic rings. The van der Waals surface area contributed by atoms with Gasteiger partial charge in [0.25, 0.3) is 11.5 Å². The van der Waals surface area contributed by atoms with Gasteiger partial charge in [0, 0.05) is 25.8 Å². The lowest BCUT2D eigenvalue weighted by atomic mass is 10.2. The van der Waals surface area contributed by atoms with Crippen molar-refractivity contribution in [3.8, 4) is 0 Å². The normalized spacial score (nSPS) is 15.7. The van der Waals surface area contributed by atoms with Crippen LogP contribution in [0.4, 0.5) is 5.82 Å². The van der Waals surface area contributed by atoms with Crippen LogP contribution < -0.4 is 10.5 Å². The number of rotatable bonds is 7. The van der Waals surface area contributed by atoms with E-state index in [1.807, 2.05) is 26.0 Å². The number of anilines is 1. The first-order chi connectivity index (χ1) is 13.9. The topological polar surface area (TPSA) is 57.9 Å². The number of hydrogen-bond acceptors (Lipinski definition) is 6. The molecule has 0 aromatic carbocycles. The summed E-state index contributed by atoms with van der Waals surface area (Å²) in [7, 11) is 0. The van der Waals surface area contributed by atoms with Crippen LogP contribution in [0.3, 0.4) is 0 Å². The molecule has 0 radical (unpaired) electrons. The van der Waals surface area contributed by atoms with Gasteiger partial charge in [0.2, 0.25) is 0 Å². The molecule has 0 aliphatic carbocycles. The molecule has 1 fully saturated rings. The van der Waals surface area contributed by atoms with Gasteiger partial charge in [-0.1, -0.05) is 43.9 Å². The quantitative estimate of drug-likeness (QED) is 0.491. The van der Waals surface area contributed by atoms with Crippen molar-refractivity contribution in [2.45, 2.75) is 40.5 Å². The van der Waals surface area contributed by atoms with Crippen LogP contribution in [0.1, 0.15) is 44.7 Å². The van der Waals surface area contributed by atoms with Gasteiger partial charge in [-0.2, -0.15) is 0 Å². The highest BCUT2D eigenvalue weighted by Gasteiger charge is 2.31. The number of nitrogens with zero attached hydrogens (tertiary/aromatic N) is 4. The predicted molar refractivity (Wildman–Crippen MR) is 125 cm³/mol. The average molecular weight is 431 g/mol. The Hall–Kier alpha value is -2.19. The van der Waals surface area contributed by atoms with Crippen LogP contribution in [0.25, 0.3) is 11.7 Å². The summed E-state index contributed by atoms with van der Waals surface area (Å²) in [6, 6.07) is 3.80. The maximum atomic E-state index is 13.4. The molecule has 154 valence electrons. The molecule has 0 spiro atoms. The number of carbonyl (C=O) groups excluding carboxylic acids is 1. The molecule has 3 heterocycles. The van der Waals surface area contributed by atoms with Gasteiger partial charge in [-0.15, -0.1) is 0 Å². The van der Waals surface area contributed by atoms with Crippen molar-refractivity contribution in [1.82, 2.24) is 14.3 Å². The number of aryl methyl sites for hydroxylation is 1. The van der Waals surface area contributed by atoms with Crippen LogP contribution in [0.5, 0.6) is 0 Å². The zero-order valence-electron chi connectivity index (χ0n) is 17.3. The van der Waals surface area contributed by atoms with Gasteiger partial charge in [0.15, 0.2) is 0 Å². The molecular formula is C21H26N4O2S2. The molecule has 2 aromatic heterocycles. The van der Waals surface area contributed by atoms with Gasteiger partial charge in [0.1, 0.15) is 15.8 Å². The maximum Gasteiger partial charge on any atom is 0.267 e. The van der Waals surface area contributed by atoms with Crippen LogP contribution in [-0.4, -0.2) is 44.1 Å². The fourth-order valence-corrected chi connectivity index (χ4v) is 4.75. The number of likely N-dealkylation sites (N-methyl/N-ethyl adjacent to an activating group) is 1. The van der Waals surface area contributed by atoms with E-state index in [0.29, 0.717) is 32.8 Å². The summed E-state index contributed by atoms with van der Waals surface area (Å²) in [4.78, 5) is 35.1. The summed E-state index contributed by atoms with van der Waals surface area (Å²) in [5.41, 5.74) is 1.83. The average Bonchev–Trinajstić information content (AvgIpc) is 2.96. The van der Waals surface area contributed by atoms with Crippen molar-refractivity contribution in [1.29, 1.82) is 0 Å². The molecule has 1 amide bonds. The summed E-state index contributed by atoms with van der Waals surface area (Å²) in [5.74, 6) is 0.476. The Morgan fingerprint density at radius 3 is 2.45 bits per heavy atom. The second-order valence-corrected chi connectivity index (χ2v) is 8.68. The number of thiocarbonyl (C=S) groups is 1. The van der Waals surface area contributed by atoms with Crippen molar-refractivity contribution < 1.29 is 4.79 Å². The monoisotopic (exact) mass is 430 g/mol. The smallest absolute Gasteiger partial charge is 0.267 e. The second-order valence-electron chi connectivity index (χ2n) is 7.00. The molecule has 3 rings (SSSR count). The van der Waals surface area contributed by atoms with Gasteiger partial charge in [-0.3, -0.25) is 18.9 Å². The van der Waals surface area contributed by atoms with E-state index in [0.717, 1.165) is 31.5 Å². The van der Waals surface area contributed by atoms with Crippen molar-refractivity contribution >= 4 is 51.7 Å². The number of aromatic nitrogens is 2. The Labute approximate surface area is 180 Å². The SMILES string of the molecule is CCCN(CCC)c1nc2ccc(C)cn2c(=O)c1/C=C1\SC(=S)N(CC)C1=O. The Morgan fingerprint density at radius 2 is 1.86 bits per heavy atom. The van der Waals surface area contributed by atoms with Crippen LogP contribution >= 0.6 is 24.0 Å². The zero-order chi connectivity index (χ0) is 21.1. The summed E-state index contributed by atoms with van der Waals surface area (Å²) in [6.45, 7) is 10.1. The molecule has 6 nitrogen and oxygen atoms in total. The number of hydrogen-bond donors (Lipinski definition) is 0. The predicted octanol–water partition coefficient (Wildman–Crippen LogP) is 3.85. The Balaban J connectivity index is 2.25. The lowest BCUT2D eigenvalue weighted by Crippen LogP contribution is -2.31. The fraction of sp³-hybridized carbons (Fsp3) is 0.429. The molecule has 2 aromatic rings. The molecule has 0 bridgehead atoms. The minimum atomic E-state index is -0.173. The maximum absolute atomic E-state index is 13.4. The number of pyridine rings is 1. The second kappa shape index (κ2) is 9.09. The van der Waals surface area contributed by atoms with Crippen molar-refractivity contribution in [2.75, 3.05) is 24.5 Å². The van der Waals surface area contributed by atoms with E-state index in [9.17, 15) is 9.59 Å². The minimum absolute atomic E-state index is 0.153. The number of amides is 1. The van der Waals surface area contributed by atoms with E-state index in [1.165, 1.54) is 11.8 Å². The first kappa shape index (κ1) is 21.5. The van der Waals surface area contributed by atoms with E-state index in [2.05, 4.69) is 18.7 Å². The first-order valence-corrected chi connectivity index (χ1v) is 11.2. The third kappa shape index (κ3) is 4.23. The van der Waals surface area contributed by atoms with Gasteiger partial charge < -0.3 is 4.90 Å². The van der Waals surface area contributed by atoms with Crippen molar-refractivity contribution in [2.24, 2.45) is 0 Å². The third-order valence-electron chi connectivity index (χ3n) is 4.74. The van der Waals surface area contributed by atoms with Gasteiger partial charge >= 0.3 is 0 Å². The van der Waals surface area contributed by atoms with E-state index >= 15 is 0 Å². The Morgan fingerprint density at radius 1 is 1.17 bits per heavy atom. The summed E-state index contributed by atoms with van der Waals surface area (Å²) in [5, 5.41) is 0. The highest BCUT2D eigenvalue weighted by Crippen LogP contribution is 2.33. The standard InChI is InChI=1S/C21H26N4O2S2/c1-5-10-23(11-6-2)18-15(12-16-20(27)24(7-3)21(28)29-16)19(26)25-13-14(4)8-9-17(25)22-18/h8-9,12-13H,5-7,10-11H2,1-4H3/b16-12-. The molecule has 0 N–H and O–H groups in total. The van der Waals surface area contributed by atoms with Crippen LogP contribution in [0.2, 0.25) is 0 Å². The Kier molecular flexibility index (Phi) is 6.74. The highest BCUT2D eigenvalue weighted by molar-refractivity contribution is 8.26. The van der Waals surface area contributed by atoms with E-state index < -0.39 is 0 Å². The number of fused-ring (bicyclic) bond motifs is 1. The fourth-order valence-electron chi connectivity index (χ4n) is 3.38. The first-order valence-electron chi connectivity index (χ1n) is 9.94.